The van der Waals surface area contributed by atoms with Crippen LogP contribution in [0.25, 0.3) is 6.08 Å². The number of nitrogens with zero attached hydrogens (tertiary/aromatic N) is 2. The molecule has 0 N–H and O–H groups in total. The fourth-order valence-electron chi connectivity index (χ4n) is 2.83. The van der Waals surface area contributed by atoms with E-state index in [2.05, 4.69) is 0 Å². The summed E-state index contributed by atoms with van der Waals surface area (Å²) >= 11 is 0. The van der Waals surface area contributed by atoms with Crippen molar-refractivity contribution in [1.82, 2.24) is 9.21 Å². The van der Waals surface area contributed by atoms with Gasteiger partial charge >= 0.3 is 0 Å². The van der Waals surface area contributed by atoms with Gasteiger partial charge in [-0.3, -0.25) is 4.79 Å². The summed E-state index contributed by atoms with van der Waals surface area (Å²) in [6, 6.07) is 6.62. The van der Waals surface area contributed by atoms with Crippen LogP contribution in [-0.4, -0.2) is 62.9 Å². The number of hydrogen-bond donors (Lipinski definition) is 0. The Morgan fingerprint density at radius 2 is 1.69 bits per heavy atom. The summed E-state index contributed by atoms with van der Waals surface area (Å²) in [5.41, 5.74) is 0.798. The summed E-state index contributed by atoms with van der Waals surface area (Å²) < 4.78 is 31.8. The van der Waals surface area contributed by atoms with Gasteiger partial charge < -0.3 is 9.64 Å². The molecule has 1 fully saturated rings. The topological polar surface area (TPSA) is 66.9 Å². The molecule has 0 radical (unpaired) electrons. The van der Waals surface area contributed by atoms with Crippen LogP contribution < -0.4 is 0 Å². The van der Waals surface area contributed by atoms with Gasteiger partial charge in [0, 0.05) is 32.3 Å². The molecule has 0 aliphatic carbocycles. The number of rotatable bonds is 8. The minimum atomic E-state index is -3.48. The van der Waals surface area contributed by atoms with Gasteiger partial charge in [-0.25, -0.2) is 8.42 Å². The summed E-state index contributed by atoms with van der Waals surface area (Å²) in [5, 5.41) is 0. The molecule has 0 saturated carbocycles. The third-order valence-corrected chi connectivity index (χ3v) is 6.12. The van der Waals surface area contributed by atoms with Crippen molar-refractivity contribution in [1.29, 1.82) is 0 Å². The summed E-state index contributed by atoms with van der Waals surface area (Å²) in [7, 11) is -3.48. The number of ether oxygens (including phenoxy) is 1. The van der Waals surface area contributed by atoms with Gasteiger partial charge in [-0.2, -0.15) is 4.31 Å². The first kappa shape index (κ1) is 20.6. The summed E-state index contributed by atoms with van der Waals surface area (Å²) in [6.07, 6.45) is 5.13. The molecule has 1 saturated heterocycles. The monoisotopic (exact) mass is 380 g/mol. The van der Waals surface area contributed by atoms with E-state index in [1.165, 1.54) is 4.31 Å². The predicted octanol–water partition coefficient (Wildman–Crippen LogP) is 2.37. The SMILES string of the molecule is CCCN(CCC)C(=O)/C=C/c1ccc(S(=O)(=O)N2CCOCC2)cc1. The van der Waals surface area contributed by atoms with Gasteiger partial charge in [-0.15, -0.1) is 0 Å². The average Bonchev–Trinajstić information content (AvgIpc) is 2.67. The molecule has 0 unspecified atom stereocenters. The second-order valence-corrected chi connectivity index (χ2v) is 8.18. The van der Waals surface area contributed by atoms with Gasteiger partial charge in [-0.05, 0) is 36.6 Å². The maximum absolute atomic E-state index is 12.6. The van der Waals surface area contributed by atoms with Crippen LogP contribution in [0.15, 0.2) is 35.2 Å². The molecule has 2 rings (SSSR count). The van der Waals surface area contributed by atoms with Gasteiger partial charge in [0.2, 0.25) is 15.9 Å². The first-order chi connectivity index (χ1) is 12.5. The van der Waals surface area contributed by atoms with Gasteiger partial charge in [0.15, 0.2) is 0 Å². The lowest BCUT2D eigenvalue weighted by molar-refractivity contribution is -0.126. The minimum Gasteiger partial charge on any atom is -0.379 e. The van der Waals surface area contributed by atoms with Crippen LogP contribution in [0.5, 0.6) is 0 Å². The van der Waals surface area contributed by atoms with E-state index in [9.17, 15) is 13.2 Å². The van der Waals surface area contributed by atoms with Crippen molar-refractivity contribution in [2.45, 2.75) is 31.6 Å². The first-order valence-corrected chi connectivity index (χ1v) is 10.6. The fraction of sp³-hybridized carbons (Fsp3) is 0.526. The van der Waals surface area contributed by atoms with Gasteiger partial charge in [0.05, 0.1) is 18.1 Å². The lowest BCUT2D eigenvalue weighted by atomic mass is 10.2. The smallest absolute Gasteiger partial charge is 0.246 e. The predicted molar refractivity (Wildman–Crippen MR) is 102 cm³/mol. The molecule has 26 heavy (non-hydrogen) atoms. The zero-order chi connectivity index (χ0) is 19.0. The second-order valence-electron chi connectivity index (χ2n) is 6.24. The molecule has 1 aromatic carbocycles. The van der Waals surface area contributed by atoms with E-state index >= 15 is 0 Å². The highest BCUT2D eigenvalue weighted by Crippen LogP contribution is 2.18. The molecular weight excluding hydrogens is 352 g/mol. The maximum atomic E-state index is 12.6. The minimum absolute atomic E-state index is 0.0151. The fourth-order valence-corrected chi connectivity index (χ4v) is 4.24. The van der Waals surface area contributed by atoms with E-state index in [4.69, 9.17) is 4.74 Å². The van der Waals surface area contributed by atoms with Crippen LogP contribution in [0.2, 0.25) is 0 Å². The summed E-state index contributed by atoms with van der Waals surface area (Å²) in [6.45, 7) is 7.19. The van der Waals surface area contributed by atoms with Crippen molar-refractivity contribution in [3.8, 4) is 0 Å². The highest BCUT2D eigenvalue weighted by Gasteiger charge is 2.25. The Balaban J connectivity index is 2.05. The third-order valence-electron chi connectivity index (χ3n) is 4.21. The Morgan fingerprint density at radius 3 is 2.23 bits per heavy atom. The Morgan fingerprint density at radius 1 is 1.12 bits per heavy atom. The van der Waals surface area contributed by atoms with Gasteiger partial charge in [-0.1, -0.05) is 26.0 Å². The molecule has 144 valence electrons. The normalized spacial score (nSPS) is 16.1. The van der Waals surface area contributed by atoms with Crippen molar-refractivity contribution in [3.63, 3.8) is 0 Å². The summed E-state index contributed by atoms with van der Waals surface area (Å²) in [5.74, 6) is -0.0151. The van der Waals surface area contributed by atoms with E-state index in [0.29, 0.717) is 26.3 Å². The quantitative estimate of drug-likeness (QED) is 0.650. The largest absolute Gasteiger partial charge is 0.379 e. The Bertz CT molecular complexity index is 702. The standard InChI is InChI=1S/C19H28N2O4S/c1-3-11-20(12-4-2)19(22)10-7-17-5-8-18(9-6-17)26(23,24)21-13-15-25-16-14-21/h5-10H,3-4,11-16H2,1-2H3/b10-7+. The zero-order valence-electron chi connectivity index (χ0n) is 15.6. The summed E-state index contributed by atoms with van der Waals surface area (Å²) in [4.78, 5) is 14.3. The molecule has 1 amide bonds. The third kappa shape index (κ3) is 5.40. The number of carbonyl (C=O) groups excluding carboxylic acids is 1. The van der Waals surface area contributed by atoms with E-state index in [0.717, 1.165) is 31.5 Å². The number of benzene rings is 1. The lowest BCUT2D eigenvalue weighted by Gasteiger charge is -2.26. The zero-order valence-corrected chi connectivity index (χ0v) is 16.4. The lowest BCUT2D eigenvalue weighted by Crippen LogP contribution is -2.40. The van der Waals surface area contributed by atoms with Gasteiger partial charge in [0.25, 0.3) is 0 Å². The highest BCUT2D eigenvalue weighted by molar-refractivity contribution is 7.89. The van der Waals surface area contributed by atoms with Crippen LogP contribution in [0, 0.1) is 0 Å². The molecule has 1 aliphatic heterocycles. The molecule has 0 atom stereocenters. The Kier molecular flexibility index (Phi) is 7.81. The van der Waals surface area contributed by atoms with Crippen LogP contribution >= 0.6 is 0 Å². The molecule has 1 heterocycles. The number of amides is 1. The molecular formula is C19H28N2O4S. The van der Waals surface area contributed by atoms with E-state index in [1.807, 2.05) is 18.7 Å². The molecule has 1 aromatic rings. The average molecular weight is 381 g/mol. The van der Waals surface area contributed by atoms with Crippen LogP contribution in [0.1, 0.15) is 32.3 Å². The number of sulfonamides is 1. The van der Waals surface area contributed by atoms with E-state index in [-0.39, 0.29) is 10.8 Å². The van der Waals surface area contributed by atoms with E-state index < -0.39 is 10.0 Å². The second kappa shape index (κ2) is 9.85. The van der Waals surface area contributed by atoms with E-state index in [1.54, 1.807) is 36.4 Å². The van der Waals surface area contributed by atoms with Crippen LogP contribution in [-0.2, 0) is 19.6 Å². The first-order valence-electron chi connectivity index (χ1n) is 9.14. The maximum Gasteiger partial charge on any atom is 0.246 e. The Hall–Kier alpha value is -1.70. The van der Waals surface area contributed by atoms with Crippen molar-refractivity contribution in [2.24, 2.45) is 0 Å². The number of hydrogen-bond acceptors (Lipinski definition) is 4. The molecule has 0 spiro atoms. The van der Waals surface area contributed by atoms with Crippen molar-refractivity contribution in [2.75, 3.05) is 39.4 Å². The van der Waals surface area contributed by atoms with Crippen LogP contribution in [0.3, 0.4) is 0 Å². The number of carbonyl (C=O) groups is 1. The van der Waals surface area contributed by atoms with Crippen molar-refractivity contribution >= 4 is 22.0 Å². The molecule has 0 bridgehead atoms. The molecule has 6 nitrogen and oxygen atoms in total. The molecule has 1 aliphatic rings. The molecule has 7 heteroatoms. The van der Waals surface area contributed by atoms with Crippen molar-refractivity contribution in [3.05, 3.63) is 35.9 Å². The highest BCUT2D eigenvalue weighted by atomic mass is 32.2. The molecule has 0 aromatic heterocycles. The van der Waals surface area contributed by atoms with Crippen LogP contribution in [0.4, 0.5) is 0 Å². The van der Waals surface area contributed by atoms with Gasteiger partial charge in [0.1, 0.15) is 0 Å². The number of morpholine rings is 1. The Labute approximate surface area is 156 Å². The van der Waals surface area contributed by atoms with Crippen molar-refractivity contribution < 1.29 is 17.9 Å².